The second-order valence-electron chi connectivity index (χ2n) is 1.75. The van der Waals surface area contributed by atoms with Gasteiger partial charge in [0.15, 0.2) is 0 Å². The molecule has 2 unspecified atom stereocenters. The summed E-state index contributed by atoms with van der Waals surface area (Å²) in [4.78, 5) is 0. The molecule has 0 aromatic rings. The molecule has 0 saturated carbocycles. The lowest BCUT2D eigenvalue weighted by atomic mass is 10.3. The molecule has 0 aliphatic carbocycles. The van der Waals surface area contributed by atoms with Crippen molar-refractivity contribution < 1.29 is 0 Å². The zero-order valence-corrected chi connectivity index (χ0v) is 5.79. The van der Waals surface area contributed by atoms with Crippen LogP contribution in [0.25, 0.3) is 0 Å². The van der Waals surface area contributed by atoms with Gasteiger partial charge in [-0.15, -0.1) is 11.6 Å². The van der Waals surface area contributed by atoms with E-state index >= 15 is 0 Å². The van der Waals surface area contributed by atoms with Crippen LogP contribution in [0.1, 0.15) is 13.8 Å². The Morgan fingerprint density at radius 1 is 1.43 bits per heavy atom. The van der Waals surface area contributed by atoms with Gasteiger partial charge in [0, 0.05) is 11.4 Å². The molecule has 0 bridgehead atoms. The van der Waals surface area contributed by atoms with Gasteiger partial charge in [0.2, 0.25) is 0 Å². The molecule has 0 heterocycles. The minimum Gasteiger partial charge on any atom is -0.316 e. The molecule has 0 aliphatic rings. The SMILES string of the molecule is CNC(C)C(C)Cl. The number of hydrogen-bond donors (Lipinski definition) is 1. The van der Waals surface area contributed by atoms with Crippen LogP contribution in [0.15, 0.2) is 0 Å². The Morgan fingerprint density at radius 2 is 1.86 bits per heavy atom. The van der Waals surface area contributed by atoms with Gasteiger partial charge in [-0.2, -0.15) is 0 Å². The fourth-order valence-corrected chi connectivity index (χ4v) is 0.356. The number of rotatable bonds is 2. The van der Waals surface area contributed by atoms with Crippen molar-refractivity contribution in [3.8, 4) is 0 Å². The molecule has 0 aromatic carbocycles. The van der Waals surface area contributed by atoms with Crippen molar-refractivity contribution >= 4 is 11.6 Å². The molecule has 0 fully saturated rings. The van der Waals surface area contributed by atoms with E-state index in [2.05, 4.69) is 12.2 Å². The molecule has 1 nitrogen and oxygen atoms in total. The molecular weight excluding hydrogens is 110 g/mol. The Morgan fingerprint density at radius 3 is 1.86 bits per heavy atom. The van der Waals surface area contributed by atoms with Crippen molar-refractivity contribution in [1.82, 2.24) is 5.32 Å². The summed E-state index contributed by atoms with van der Waals surface area (Å²) in [6.07, 6.45) is 0. The third-order valence-corrected chi connectivity index (χ3v) is 1.52. The van der Waals surface area contributed by atoms with E-state index in [0.717, 1.165) is 0 Å². The number of alkyl halides is 1. The average molecular weight is 122 g/mol. The maximum atomic E-state index is 5.67. The molecule has 7 heavy (non-hydrogen) atoms. The van der Waals surface area contributed by atoms with Crippen molar-refractivity contribution in [2.75, 3.05) is 7.05 Å². The van der Waals surface area contributed by atoms with Crippen LogP contribution in [0.5, 0.6) is 0 Å². The van der Waals surface area contributed by atoms with Crippen molar-refractivity contribution in [2.24, 2.45) is 0 Å². The predicted molar refractivity (Wildman–Crippen MR) is 33.8 cm³/mol. The highest BCUT2D eigenvalue weighted by molar-refractivity contribution is 6.20. The van der Waals surface area contributed by atoms with Crippen LogP contribution in [0.3, 0.4) is 0 Å². The van der Waals surface area contributed by atoms with Gasteiger partial charge < -0.3 is 5.32 Å². The van der Waals surface area contributed by atoms with E-state index in [9.17, 15) is 0 Å². The molecule has 0 spiro atoms. The summed E-state index contributed by atoms with van der Waals surface area (Å²) in [6, 6.07) is 0.418. The Bertz CT molecular complexity index is 45.3. The van der Waals surface area contributed by atoms with Gasteiger partial charge in [-0.3, -0.25) is 0 Å². The molecular formula is C5H12ClN. The van der Waals surface area contributed by atoms with E-state index in [-0.39, 0.29) is 5.38 Å². The van der Waals surface area contributed by atoms with Gasteiger partial charge in [0.1, 0.15) is 0 Å². The zero-order chi connectivity index (χ0) is 5.86. The third-order valence-electron chi connectivity index (χ3n) is 1.14. The predicted octanol–water partition coefficient (Wildman–Crippen LogP) is 1.22. The molecule has 0 radical (unpaired) electrons. The summed E-state index contributed by atoms with van der Waals surface area (Å²) in [7, 11) is 1.91. The summed E-state index contributed by atoms with van der Waals surface area (Å²) < 4.78 is 0. The van der Waals surface area contributed by atoms with Crippen LogP contribution in [0.4, 0.5) is 0 Å². The average Bonchev–Trinajstić information content (AvgIpc) is 1.65. The van der Waals surface area contributed by atoms with E-state index in [0.29, 0.717) is 6.04 Å². The van der Waals surface area contributed by atoms with E-state index in [1.165, 1.54) is 0 Å². The van der Waals surface area contributed by atoms with Crippen LogP contribution in [0, 0.1) is 0 Å². The summed E-state index contributed by atoms with van der Waals surface area (Å²) in [5.74, 6) is 0. The first kappa shape index (κ1) is 7.25. The van der Waals surface area contributed by atoms with E-state index in [4.69, 9.17) is 11.6 Å². The maximum Gasteiger partial charge on any atom is 0.0458 e. The van der Waals surface area contributed by atoms with Crippen LogP contribution in [-0.4, -0.2) is 18.5 Å². The molecule has 2 heteroatoms. The third kappa shape index (κ3) is 2.89. The molecule has 0 saturated heterocycles. The van der Waals surface area contributed by atoms with Gasteiger partial charge in [0.05, 0.1) is 0 Å². The van der Waals surface area contributed by atoms with E-state index < -0.39 is 0 Å². The minimum atomic E-state index is 0.227. The fraction of sp³-hybridized carbons (Fsp3) is 1.00. The highest BCUT2D eigenvalue weighted by Crippen LogP contribution is 1.97. The lowest BCUT2D eigenvalue weighted by Crippen LogP contribution is -2.28. The molecule has 44 valence electrons. The van der Waals surface area contributed by atoms with Crippen LogP contribution < -0.4 is 5.32 Å². The molecule has 1 N–H and O–H groups in total. The van der Waals surface area contributed by atoms with E-state index in [1.807, 2.05) is 14.0 Å². The Labute approximate surface area is 50.1 Å². The number of halogens is 1. The summed E-state index contributed by atoms with van der Waals surface area (Å²) >= 11 is 5.67. The highest BCUT2D eigenvalue weighted by Gasteiger charge is 2.02. The molecule has 0 rings (SSSR count). The second kappa shape index (κ2) is 3.28. The van der Waals surface area contributed by atoms with Crippen LogP contribution in [0.2, 0.25) is 0 Å². The lowest BCUT2D eigenvalue weighted by molar-refractivity contribution is 0.600. The molecule has 0 amide bonds. The van der Waals surface area contributed by atoms with Crippen molar-refractivity contribution in [1.29, 1.82) is 0 Å². The molecule has 2 atom stereocenters. The minimum absolute atomic E-state index is 0.227. The monoisotopic (exact) mass is 121 g/mol. The zero-order valence-electron chi connectivity index (χ0n) is 5.03. The van der Waals surface area contributed by atoms with Gasteiger partial charge in [-0.1, -0.05) is 0 Å². The first-order chi connectivity index (χ1) is 3.18. The smallest absolute Gasteiger partial charge is 0.0458 e. The van der Waals surface area contributed by atoms with Crippen LogP contribution in [-0.2, 0) is 0 Å². The summed E-state index contributed by atoms with van der Waals surface area (Å²) in [5.41, 5.74) is 0. The normalized spacial score (nSPS) is 18.9. The first-order valence-electron chi connectivity index (χ1n) is 2.49. The Balaban J connectivity index is 3.14. The van der Waals surface area contributed by atoms with Crippen LogP contribution >= 0.6 is 11.6 Å². The molecule has 0 aromatic heterocycles. The number of hydrogen-bond acceptors (Lipinski definition) is 1. The van der Waals surface area contributed by atoms with Crippen molar-refractivity contribution in [3.05, 3.63) is 0 Å². The lowest BCUT2D eigenvalue weighted by Gasteiger charge is -2.10. The summed E-state index contributed by atoms with van der Waals surface area (Å²) in [5, 5.41) is 3.26. The topological polar surface area (TPSA) is 12.0 Å². The van der Waals surface area contributed by atoms with Crippen molar-refractivity contribution in [2.45, 2.75) is 25.3 Å². The van der Waals surface area contributed by atoms with Gasteiger partial charge in [-0.05, 0) is 20.9 Å². The van der Waals surface area contributed by atoms with Crippen molar-refractivity contribution in [3.63, 3.8) is 0 Å². The quantitative estimate of drug-likeness (QED) is 0.542. The second-order valence-corrected chi connectivity index (χ2v) is 2.44. The Kier molecular flexibility index (Phi) is 3.39. The van der Waals surface area contributed by atoms with Gasteiger partial charge in [-0.25, -0.2) is 0 Å². The number of nitrogens with one attached hydrogen (secondary N) is 1. The largest absolute Gasteiger partial charge is 0.316 e. The standard InChI is InChI=1S/C5H12ClN/c1-4(6)5(2)7-3/h4-5,7H,1-3H3. The van der Waals surface area contributed by atoms with Gasteiger partial charge in [0.25, 0.3) is 0 Å². The van der Waals surface area contributed by atoms with E-state index in [1.54, 1.807) is 0 Å². The summed E-state index contributed by atoms with van der Waals surface area (Å²) in [6.45, 7) is 4.03. The first-order valence-corrected chi connectivity index (χ1v) is 2.93. The Hall–Kier alpha value is 0.250. The maximum absolute atomic E-state index is 5.67. The highest BCUT2D eigenvalue weighted by atomic mass is 35.5. The van der Waals surface area contributed by atoms with Gasteiger partial charge >= 0.3 is 0 Å². The fourth-order valence-electron chi connectivity index (χ4n) is 0.230. The molecule has 0 aliphatic heterocycles.